The van der Waals surface area contributed by atoms with Crippen LogP contribution in [0.15, 0.2) is 35.4 Å². The summed E-state index contributed by atoms with van der Waals surface area (Å²) in [7, 11) is 0. The molecule has 0 unspecified atom stereocenters. The van der Waals surface area contributed by atoms with Gasteiger partial charge >= 0.3 is 0 Å². The Labute approximate surface area is 190 Å². The number of nitrogens with zero attached hydrogens (tertiary/aromatic N) is 5. The number of aromatic nitrogens is 4. The lowest BCUT2D eigenvalue weighted by Gasteiger charge is -2.33. The van der Waals surface area contributed by atoms with Gasteiger partial charge in [0.15, 0.2) is 0 Å². The number of amides is 1. The van der Waals surface area contributed by atoms with Gasteiger partial charge in [0.05, 0.1) is 22.7 Å². The summed E-state index contributed by atoms with van der Waals surface area (Å²) in [6.45, 7) is 7.91. The van der Waals surface area contributed by atoms with Crippen molar-refractivity contribution in [3.63, 3.8) is 0 Å². The van der Waals surface area contributed by atoms with E-state index in [1.54, 1.807) is 17.7 Å². The molecule has 0 bridgehead atoms. The minimum atomic E-state index is 0.0612. The fraction of sp³-hybridized carbons (Fsp3) is 0.417. The first-order valence-corrected chi connectivity index (χ1v) is 11.9. The van der Waals surface area contributed by atoms with E-state index in [4.69, 9.17) is 4.98 Å². The molecular weight excluding hydrogens is 422 g/mol. The Bertz CT molecular complexity index is 1370. The molecule has 1 saturated heterocycles. The molecule has 32 heavy (non-hydrogen) atoms. The van der Waals surface area contributed by atoms with E-state index in [1.807, 2.05) is 59.1 Å². The predicted molar refractivity (Wildman–Crippen MR) is 127 cm³/mol. The summed E-state index contributed by atoms with van der Waals surface area (Å²) in [5, 5.41) is 0.754. The fourth-order valence-corrected chi connectivity index (χ4v) is 5.84. The maximum absolute atomic E-state index is 13.3. The van der Waals surface area contributed by atoms with Crippen molar-refractivity contribution in [3.8, 4) is 0 Å². The molecule has 0 N–H and O–H groups in total. The Morgan fingerprint density at radius 1 is 1.16 bits per heavy atom. The maximum Gasteiger partial charge on any atom is 0.262 e. The van der Waals surface area contributed by atoms with E-state index in [-0.39, 0.29) is 17.5 Å². The monoisotopic (exact) mass is 449 g/mol. The quantitative estimate of drug-likeness (QED) is 0.472. The van der Waals surface area contributed by atoms with Gasteiger partial charge < -0.3 is 9.47 Å². The topological polar surface area (TPSA) is 73.0 Å². The van der Waals surface area contributed by atoms with E-state index in [1.165, 1.54) is 0 Å². The molecule has 4 heterocycles. The van der Waals surface area contributed by atoms with E-state index in [9.17, 15) is 9.59 Å². The number of piperidine rings is 1. The van der Waals surface area contributed by atoms with Crippen molar-refractivity contribution in [1.29, 1.82) is 0 Å². The first-order chi connectivity index (χ1) is 15.4. The molecule has 1 fully saturated rings. The normalized spacial score (nSPS) is 15.2. The van der Waals surface area contributed by atoms with Gasteiger partial charge in [-0.3, -0.25) is 14.2 Å². The average Bonchev–Trinajstić information content (AvgIpc) is 3.33. The number of para-hydroxylation sites is 2. The van der Waals surface area contributed by atoms with Gasteiger partial charge in [-0.15, -0.1) is 11.3 Å². The highest BCUT2D eigenvalue weighted by atomic mass is 32.1. The molecule has 8 heteroatoms. The molecule has 0 spiro atoms. The maximum atomic E-state index is 13.3. The van der Waals surface area contributed by atoms with Crippen LogP contribution in [-0.2, 0) is 11.3 Å². The van der Waals surface area contributed by atoms with E-state index >= 15 is 0 Å². The van der Waals surface area contributed by atoms with Gasteiger partial charge in [-0.25, -0.2) is 9.97 Å². The number of aryl methyl sites for hydroxylation is 4. The lowest BCUT2D eigenvalue weighted by molar-refractivity contribution is -0.132. The number of carbonyl (C=O) groups is 1. The molecule has 166 valence electrons. The molecule has 0 saturated carbocycles. The van der Waals surface area contributed by atoms with Crippen molar-refractivity contribution in [3.05, 3.63) is 57.2 Å². The van der Waals surface area contributed by atoms with Crippen LogP contribution in [0.3, 0.4) is 0 Å². The Hall–Kier alpha value is -3.00. The second kappa shape index (κ2) is 8.16. The SMILES string of the molecule is Cc1sc2nc(C)n(C3CCN(C(=O)CCn4cnc5ccccc54)CC3)c(=O)c2c1C. The molecule has 4 aromatic rings. The minimum absolute atomic E-state index is 0.0612. The molecular formula is C24H27N5O2S. The van der Waals surface area contributed by atoms with Gasteiger partial charge in [-0.2, -0.15) is 0 Å². The van der Waals surface area contributed by atoms with Gasteiger partial charge in [0, 0.05) is 37.0 Å². The molecule has 5 rings (SSSR count). The van der Waals surface area contributed by atoms with Crippen LogP contribution in [0.1, 0.15) is 41.6 Å². The first-order valence-electron chi connectivity index (χ1n) is 11.1. The Kier molecular flexibility index (Phi) is 5.33. The highest BCUT2D eigenvalue weighted by Gasteiger charge is 2.27. The number of carbonyl (C=O) groups excluding carboxylic acids is 1. The fourth-order valence-electron chi connectivity index (χ4n) is 4.77. The summed E-state index contributed by atoms with van der Waals surface area (Å²) in [6, 6.07) is 8.05. The van der Waals surface area contributed by atoms with Crippen LogP contribution in [0.2, 0.25) is 0 Å². The minimum Gasteiger partial charge on any atom is -0.342 e. The second-order valence-corrected chi connectivity index (χ2v) is 9.79. The standard InChI is InChI=1S/C24H27N5O2S/c1-15-16(2)32-23-22(15)24(31)29(17(3)26-23)18-8-11-27(12-9-18)21(30)10-13-28-14-25-19-6-4-5-7-20(19)28/h4-7,14,18H,8-13H2,1-3H3. The smallest absolute Gasteiger partial charge is 0.262 e. The van der Waals surface area contributed by atoms with Crippen molar-refractivity contribution >= 4 is 38.5 Å². The third kappa shape index (κ3) is 3.52. The number of rotatable bonds is 4. The van der Waals surface area contributed by atoms with Crippen molar-refractivity contribution in [2.45, 2.75) is 52.6 Å². The second-order valence-electron chi connectivity index (χ2n) is 8.59. The molecule has 1 aliphatic rings. The van der Waals surface area contributed by atoms with Gasteiger partial charge in [0.25, 0.3) is 5.56 Å². The van der Waals surface area contributed by atoms with Gasteiger partial charge in [-0.1, -0.05) is 12.1 Å². The number of hydrogen-bond donors (Lipinski definition) is 0. The lowest BCUT2D eigenvalue weighted by Crippen LogP contribution is -2.41. The van der Waals surface area contributed by atoms with Crippen molar-refractivity contribution in [2.75, 3.05) is 13.1 Å². The lowest BCUT2D eigenvalue weighted by atomic mass is 10.0. The zero-order valence-electron chi connectivity index (χ0n) is 18.7. The number of likely N-dealkylation sites (tertiary alicyclic amines) is 1. The highest BCUT2D eigenvalue weighted by Crippen LogP contribution is 2.29. The molecule has 7 nitrogen and oxygen atoms in total. The largest absolute Gasteiger partial charge is 0.342 e. The summed E-state index contributed by atoms with van der Waals surface area (Å²) >= 11 is 1.59. The van der Waals surface area contributed by atoms with Crippen LogP contribution < -0.4 is 5.56 Å². The summed E-state index contributed by atoms with van der Waals surface area (Å²) in [5.74, 6) is 0.920. The third-order valence-electron chi connectivity index (χ3n) is 6.69. The predicted octanol–water partition coefficient (Wildman–Crippen LogP) is 3.99. The summed E-state index contributed by atoms with van der Waals surface area (Å²) in [5.41, 5.74) is 3.10. The van der Waals surface area contributed by atoms with Crippen LogP contribution in [0.5, 0.6) is 0 Å². The van der Waals surface area contributed by atoms with Crippen LogP contribution in [0.4, 0.5) is 0 Å². The number of benzene rings is 1. The molecule has 0 radical (unpaired) electrons. The molecule has 1 aliphatic heterocycles. The zero-order chi connectivity index (χ0) is 22.4. The van der Waals surface area contributed by atoms with Crippen LogP contribution in [0.25, 0.3) is 21.3 Å². The molecule has 0 aliphatic carbocycles. The zero-order valence-corrected chi connectivity index (χ0v) is 19.5. The van der Waals surface area contributed by atoms with Crippen molar-refractivity contribution < 1.29 is 4.79 Å². The Morgan fingerprint density at radius 3 is 2.69 bits per heavy atom. The van der Waals surface area contributed by atoms with Gasteiger partial charge in [0.1, 0.15) is 10.7 Å². The van der Waals surface area contributed by atoms with E-state index in [0.29, 0.717) is 26.1 Å². The Balaban J connectivity index is 1.26. The molecule has 0 atom stereocenters. The molecule has 1 amide bonds. The number of imidazole rings is 1. The van der Waals surface area contributed by atoms with Gasteiger partial charge in [0.2, 0.25) is 5.91 Å². The van der Waals surface area contributed by atoms with Gasteiger partial charge in [-0.05, 0) is 51.3 Å². The number of fused-ring (bicyclic) bond motifs is 2. The Morgan fingerprint density at radius 2 is 1.91 bits per heavy atom. The highest BCUT2D eigenvalue weighted by molar-refractivity contribution is 7.18. The van der Waals surface area contributed by atoms with E-state index in [2.05, 4.69) is 4.98 Å². The third-order valence-corrected chi connectivity index (χ3v) is 7.79. The van der Waals surface area contributed by atoms with Crippen molar-refractivity contribution in [1.82, 2.24) is 24.0 Å². The number of hydrogen-bond acceptors (Lipinski definition) is 5. The number of thiophene rings is 1. The summed E-state index contributed by atoms with van der Waals surface area (Å²) < 4.78 is 3.90. The molecule has 3 aromatic heterocycles. The van der Waals surface area contributed by atoms with E-state index in [0.717, 1.165) is 50.4 Å². The van der Waals surface area contributed by atoms with Crippen molar-refractivity contribution in [2.24, 2.45) is 0 Å². The molecule has 1 aromatic carbocycles. The van der Waals surface area contributed by atoms with Crippen LogP contribution in [-0.4, -0.2) is 43.0 Å². The first kappa shape index (κ1) is 20.9. The summed E-state index contributed by atoms with van der Waals surface area (Å²) in [4.78, 5) is 39.2. The van der Waals surface area contributed by atoms with E-state index < -0.39 is 0 Å². The summed E-state index contributed by atoms with van der Waals surface area (Å²) in [6.07, 6.45) is 3.80. The average molecular weight is 450 g/mol. The van der Waals surface area contributed by atoms with Crippen LogP contribution in [0, 0.1) is 20.8 Å². The van der Waals surface area contributed by atoms with Crippen LogP contribution >= 0.6 is 11.3 Å².